The van der Waals surface area contributed by atoms with E-state index in [0.29, 0.717) is 11.5 Å². The van der Waals surface area contributed by atoms with Crippen LogP contribution in [0.2, 0.25) is 0 Å². The molecule has 2 rings (SSSR count). The molecule has 0 saturated heterocycles. The third kappa shape index (κ3) is 3.56. The SMILES string of the molecule is CC(C)NCCC(C)(C)Cc1cn2ccsc2n1. The summed E-state index contributed by atoms with van der Waals surface area (Å²) in [5.41, 5.74) is 1.50. The number of nitrogens with zero attached hydrogens (tertiary/aromatic N) is 2. The van der Waals surface area contributed by atoms with Crippen LogP contribution in [0.1, 0.15) is 39.8 Å². The molecule has 3 nitrogen and oxygen atoms in total. The van der Waals surface area contributed by atoms with Gasteiger partial charge >= 0.3 is 0 Å². The average molecular weight is 265 g/mol. The molecule has 0 aliphatic carbocycles. The van der Waals surface area contributed by atoms with Gasteiger partial charge in [0.1, 0.15) is 0 Å². The predicted molar refractivity (Wildman–Crippen MR) is 78.3 cm³/mol. The second-order valence-electron chi connectivity index (χ2n) is 6.02. The fraction of sp³-hybridized carbons (Fsp3) is 0.643. The Kier molecular flexibility index (Phi) is 4.07. The Morgan fingerprint density at radius 3 is 2.89 bits per heavy atom. The number of aromatic nitrogens is 2. The highest BCUT2D eigenvalue weighted by Gasteiger charge is 2.20. The zero-order chi connectivity index (χ0) is 13.2. The molecule has 0 amide bonds. The first-order chi connectivity index (χ1) is 8.46. The van der Waals surface area contributed by atoms with Crippen LogP contribution in [0.5, 0.6) is 0 Å². The summed E-state index contributed by atoms with van der Waals surface area (Å²) in [4.78, 5) is 5.76. The third-order valence-electron chi connectivity index (χ3n) is 3.16. The highest BCUT2D eigenvalue weighted by atomic mass is 32.1. The Hall–Kier alpha value is -0.870. The Labute approximate surface area is 113 Å². The van der Waals surface area contributed by atoms with E-state index >= 15 is 0 Å². The van der Waals surface area contributed by atoms with Crippen molar-refractivity contribution >= 4 is 16.3 Å². The fourth-order valence-electron chi connectivity index (χ4n) is 2.14. The predicted octanol–water partition coefficient (Wildman–Crippen LogP) is 3.35. The second kappa shape index (κ2) is 5.41. The number of rotatable bonds is 6. The molecule has 0 bridgehead atoms. The topological polar surface area (TPSA) is 29.3 Å². The summed E-state index contributed by atoms with van der Waals surface area (Å²) in [5, 5.41) is 5.56. The van der Waals surface area contributed by atoms with E-state index in [1.807, 2.05) is 0 Å². The van der Waals surface area contributed by atoms with Gasteiger partial charge in [-0.25, -0.2) is 4.98 Å². The van der Waals surface area contributed by atoms with E-state index in [2.05, 4.69) is 60.2 Å². The lowest BCUT2D eigenvalue weighted by molar-refractivity contribution is 0.318. The molecule has 0 atom stereocenters. The van der Waals surface area contributed by atoms with Crippen LogP contribution in [0.25, 0.3) is 4.96 Å². The largest absolute Gasteiger partial charge is 0.315 e. The van der Waals surface area contributed by atoms with Crippen molar-refractivity contribution in [1.29, 1.82) is 0 Å². The van der Waals surface area contributed by atoms with Crippen molar-refractivity contribution in [3.8, 4) is 0 Å². The lowest BCUT2D eigenvalue weighted by Gasteiger charge is -2.24. The van der Waals surface area contributed by atoms with E-state index in [1.54, 1.807) is 11.3 Å². The highest BCUT2D eigenvalue weighted by Crippen LogP contribution is 2.26. The molecule has 2 heterocycles. The summed E-state index contributed by atoms with van der Waals surface area (Å²) in [6.07, 6.45) is 6.45. The van der Waals surface area contributed by atoms with Crippen LogP contribution in [0, 0.1) is 5.41 Å². The van der Waals surface area contributed by atoms with Gasteiger partial charge in [-0.15, -0.1) is 11.3 Å². The van der Waals surface area contributed by atoms with E-state index in [1.165, 1.54) is 12.1 Å². The van der Waals surface area contributed by atoms with Gasteiger partial charge in [0.25, 0.3) is 0 Å². The molecule has 0 fully saturated rings. The normalized spacial score (nSPS) is 12.7. The van der Waals surface area contributed by atoms with Gasteiger partial charge in [-0.05, 0) is 24.8 Å². The molecule has 0 aromatic carbocycles. The third-order valence-corrected chi connectivity index (χ3v) is 3.93. The van der Waals surface area contributed by atoms with E-state index in [4.69, 9.17) is 0 Å². The summed E-state index contributed by atoms with van der Waals surface area (Å²) < 4.78 is 2.11. The molecule has 1 N–H and O–H groups in total. The van der Waals surface area contributed by atoms with Crippen molar-refractivity contribution in [1.82, 2.24) is 14.7 Å². The standard InChI is InChI=1S/C14H23N3S/c1-11(2)15-6-5-14(3,4)9-12-10-17-7-8-18-13(17)16-12/h7-8,10-11,15H,5-6,9H2,1-4H3. The minimum Gasteiger partial charge on any atom is -0.315 e. The monoisotopic (exact) mass is 265 g/mol. The van der Waals surface area contributed by atoms with Gasteiger partial charge in [-0.1, -0.05) is 27.7 Å². The molecule has 2 aromatic rings. The minimum absolute atomic E-state index is 0.298. The van der Waals surface area contributed by atoms with Gasteiger partial charge in [-0.3, -0.25) is 4.40 Å². The van der Waals surface area contributed by atoms with Gasteiger partial charge in [-0.2, -0.15) is 0 Å². The maximum absolute atomic E-state index is 4.66. The smallest absolute Gasteiger partial charge is 0.193 e. The fourth-order valence-corrected chi connectivity index (χ4v) is 2.86. The minimum atomic E-state index is 0.298. The summed E-state index contributed by atoms with van der Waals surface area (Å²) in [6.45, 7) is 10.1. The average Bonchev–Trinajstić information content (AvgIpc) is 2.75. The van der Waals surface area contributed by atoms with E-state index in [0.717, 1.165) is 17.9 Å². The number of hydrogen-bond donors (Lipinski definition) is 1. The van der Waals surface area contributed by atoms with E-state index < -0.39 is 0 Å². The highest BCUT2D eigenvalue weighted by molar-refractivity contribution is 7.15. The molecule has 0 aliphatic heterocycles. The molecule has 0 spiro atoms. The first-order valence-corrected chi connectivity index (χ1v) is 7.49. The molecule has 0 unspecified atom stereocenters. The molecular weight excluding hydrogens is 242 g/mol. The van der Waals surface area contributed by atoms with Gasteiger partial charge in [0, 0.05) is 23.8 Å². The Balaban J connectivity index is 1.92. The van der Waals surface area contributed by atoms with Crippen LogP contribution >= 0.6 is 11.3 Å². The van der Waals surface area contributed by atoms with Crippen LogP contribution in [-0.4, -0.2) is 22.0 Å². The van der Waals surface area contributed by atoms with Crippen molar-refractivity contribution < 1.29 is 0 Å². The number of nitrogens with one attached hydrogen (secondary N) is 1. The zero-order valence-electron chi connectivity index (χ0n) is 11.7. The number of hydrogen-bond acceptors (Lipinski definition) is 3. The molecule has 0 radical (unpaired) electrons. The maximum atomic E-state index is 4.66. The Morgan fingerprint density at radius 1 is 1.44 bits per heavy atom. The Bertz CT molecular complexity index is 467. The van der Waals surface area contributed by atoms with Crippen molar-refractivity contribution in [2.75, 3.05) is 6.54 Å². The summed E-state index contributed by atoms with van der Waals surface area (Å²) in [7, 11) is 0. The van der Waals surface area contributed by atoms with Crippen molar-refractivity contribution in [2.45, 2.75) is 46.6 Å². The van der Waals surface area contributed by atoms with Crippen molar-refractivity contribution in [3.63, 3.8) is 0 Å². The van der Waals surface area contributed by atoms with E-state index in [9.17, 15) is 0 Å². The second-order valence-corrected chi connectivity index (χ2v) is 6.90. The number of thiazole rings is 1. The molecular formula is C14H23N3S. The summed E-state index contributed by atoms with van der Waals surface area (Å²) in [5.74, 6) is 0. The van der Waals surface area contributed by atoms with Gasteiger partial charge in [0.05, 0.1) is 5.69 Å². The van der Waals surface area contributed by atoms with Crippen LogP contribution < -0.4 is 5.32 Å². The first kappa shape index (κ1) is 13.6. The van der Waals surface area contributed by atoms with Crippen LogP contribution in [0.4, 0.5) is 0 Å². The molecule has 18 heavy (non-hydrogen) atoms. The van der Waals surface area contributed by atoms with Crippen molar-refractivity contribution in [2.24, 2.45) is 5.41 Å². The van der Waals surface area contributed by atoms with E-state index in [-0.39, 0.29) is 0 Å². The van der Waals surface area contributed by atoms with Gasteiger partial charge in [0.2, 0.25) is 0 Å². The van der Waals surface area contributed by atoms with Crippen LogP contribution in [-0.2, 0) is 6.42 Å². The van der Waals surface area contributed by atoms with Crippen LogP contribution in [0.15, 0.2) is 17.8 Å². The molecule has 100 valence electrons. The Morgan fingerprint density at radius 2 is 2.22 bits per heavy atom. The summed E-state index contributed by atoms with van der Waals surface area (Å²) >= 11 is 1.70. The van der Waals surface area contributed by atoms with Crippen LogP contribution in [0.3, 0.4) is 0 Å². The summed E-state index contributed by atoms with van der Waals surface area (Å²) in [6, 6.07) is 0.568. The van der Waals surface area contributed by atoms with Gasteiger partial charge in [0.15, 0.2) is 4.96 Å². The van der Waals surface area contributed by atoms with Crippen molar-refractivity contribution in [3.05, 3.63) is 23.5 Å². The molecule has 2 aromatic heterocycles. The molecule has 0 saturated carbocycles. The first-order valence-electron chi connectivity index (χ1n) is 6.61. The zero-order valence-corrected chi connectivity index (χ0v) is 12.5. The lowest BCUT2D eigenvalue weighted by Crippen LogP contribution is -2.28. The maximum Gasteiger partial charge on any atom is 0.193 e. The number of imidazole rings is 1. The number of fused-ring (bicyclic) bond motifs is 1. The van der Waals surface area contributed by atoms with Gasteiger partial charge < -0.3 is 5.32 Å². The molecule has 0 aliphatic rings. The molecule has 4 heteroatoms. The lowest BCUT2D eigenvalue weighted by atomic mass is 9.84. The quantitative estimate of drug-likeness (QED) is 0.868.